The maximum atomic E-state index is 12.9. The monoisotopic (exact) mass is 424 g/mol. The van der Waals surface area contributed by atoms with E-state index in [0.29, 0.717) is 39.6 Å². The predicted octanol–water partition coefficient (Wildman–Crippen LogP) is 4.96. The third-order valence-electron chi connectivity index (χ3n) is 4.74. The van der Waals surface area contributed by atoms with Crippen molar-refractivity contribution < 1.29 is 19.1 Å². The minimum Gasteiger partial charge on any atom is -0.423 e. The summed E-state index contributed by atoms with van der Waals surface area (Å²) < 4.78 is 10.9. The Morgan fingerprint density at radius 2 is 1.12 bits per heavy atom. The number of carbonyl (C=O) groups is 2. The van der Waals surface area contributed by atoms with E-state index in [1.54, 1.807) is 60.7 Å². The van der Waals surface area contributed by atoms with Crippen LogP contribution in [0.1, 0.15) is 20.7 Å². The highest BCUT2D eigenvalue weighted by atomic mass is 16.5. The number of carbonyl (C=O) groups excluding carboxylic acids is 2. The summed E-state index contributed by atoms with van der Waals surface area (Å²) in [7, 11) is 0. The maximum absolute atomic E-state index is 12.9. The first-order chi connectivity index (χ1) is 15.5. The predicted molar refractivity (Wildman–Crippen MR) is 124 cm³/mol. The molecule has 0 fully saturated rings. The van der Waals surface area contributed by atoms with Crippen molar-refractivity contribution in [2.45, 2.75) is 0 Å². The summed E-state index contributed by atoms with van der Waals surface area (Å²) in [4.78, 5) is 25.6. The second kappa shape index (κ2) is 9.06. The van der Waals surface area contributed by atoms with E-state index in [9.17, 15) is 9.59 Å². The minimum atomic E-state index is -0.551. The summed E-state index contributed by atoms with van der Waals surface area (Å²) in [6.07, 6.45) is 0. The number of nitrogen functional groups attached to an aromatic ring is 2. The Kier molecular flexibility index (Phi) is 5.85. The fourth-order valence-electron chi connectivity index (χ4n) is 3.11. The highest BCUT2D eigenvalue weighted by Crippen LogP contribution is 2.27. The highest BCUT2D eigenvalue weighted by Gasteiger charge is 2.19. The molecule has 0 spiro atoms. The van der Waals surface area contributed by atoms with E-state index in [0.717, 1.165) is 5.56 Å². The molecule has 0 aliphatic heterocycles. The Hall–Kier alpha value is -4.58. The molecule has 158 valence electrons. The zero-order chi connectivity index (χ0) is 22.5. The molecule has 0 radical (unpaired) electrons. The van der Waals surface area contributed by atoms with E-state index in [4.69, 9.17) is 20.9 Å². The molecule has 4 aromatic carbocycles. The van der Waals surface area contributed by atoms with Gasteiger partial charge in [0.25, 0.3) is 0 Å². The molecule has 0 aromatic heterocycles. The molecule has 4 aromatic rings. The van der Waals surface area contributed by atoms with Gasteiger partial charge in [-0.3, -0.25) is 0 Å². The Labute approximate surface area is 185 Å². The summed E-state index contributed by atoms with van der Waals surface area (Å²) in [5.74, 6) is -0.357. The third kappa shape index (κ3) is 4.76. The quantitative estimate of drug-likeness (QED) is 0.267. The lowest BCUT2D eigenvalue weighted by Crippen LogP contribution is -2.13. The lowest BCUT2D eigenvalue weighted by Gasteiger charge is -2.12. The van der Waals surface area contributed by atoms with Crippen molar-refractivity contribution in [1.82, 2.24) is 0 Å². The number of hydrogen-bond donors (Lipinski definition) is 2. The first-order valence-corrected chi connectivity index (χ1v) is 9.84. The molecule has 0 aliphatic rings. The van der Waals surface area contributed by atoms with Crippen LogP contribution in [0.4, 0.5) is 11.4 Å². The molecule has 0 atom stereocenters. The van der Waals surface area contributed by atoms with Crippen LogP contribution >= 0.6 is 0 Å². The largest absolute Gasteiger partial charge is 0.423 e. The smallest absolute Gasteiger partial charge is 0.344 e. The average molecular weight is 424 g/mol. The number of hydrogen-bond acceptors (Lipinski definition) is 6. The molecule has 0 saturated carbocycles. The van der Waals surface area contributed by atoms with Crippen molar-refractivity contribution in [3.05, 3.63) is 108 Å². The Balaban J connectivity index is 1.66. The van der Waals surface area contributed by atoms with E-state index < -0.39 is 11.9 Å². The fraction of sp³-hybridized carbons (Fsp3) is 0. The third-order valence-corrected chi connectivity index (χ3v) is 4.74. The molecule has 0 heterocycles. The van der Waals surface area contributed by atoms with E-state index >= 15 is 0 Å². The van der Waals surface area contributed by atoms with Gasteiger partial charge in [-0.1, -0.05) is 30.3 Å². The Bertz CT molecular complexity index is 1250. The molecule has 0 unspecified atom stereocenters. The first kappa shape index (κ1) is 20.7. The SMILES string of the molecule is Nc1ccc(OC(=O)c2ccc(C(=O)Oc3ccc(N)cc3)c(-c3ccccc3)c2)cc1. The molecular formula is C26H20N2O4. The van der Waals surface area contributed by atoms with Gasteiger partial charge in [0.2, 0.25) is 0 Å². The normalized spacial score (nSPS) is 10.4. The van der Waals surface area contributed by atoms with Gasteiger partial charge in [-0.25, -0.2) is 9.59 Å². The summed E-state index contributed by atoms with van der Waals surface area (Å²) in [6.45, 7) is 0. The average Bonchev–Trinajstić information content (AvgIpc) is 2.82. The second-order valence-electron chi connectivity index (χ2n) is 7.04. The minimum absolute atomic E-state index is 0.296. The van der Waals surface area contributed by atoms with E-state index in [2.05, 4.69) is 0 Å². The number of ether oxygens (including phenoxy) is 2. The van der Waals surface area contributed by atoms with Crippen molar-refractivity contribution in [2.75, 3.05) is 11.5 Å². The first-order valence-electron chi connectivity index (χ1n) is 9.84. The van der Waals surface area contributed by atoms with Gasteiger partial charge in [0.15, 0.2) is 0 Å². The maximum Gasteiger partial charge on any atom is 0.344 e. The molecule has 4 N–H and O–H groups in total. The fourth-order valence-corrected chi connectivity index (χ4v) is 3.11. The van der Waals surface area contributed by atoms with Gasteiger partial charge in [0.1, 0.15) is 11.5 Å². The topological polar surface area (TPSA) is 105 Å². The van der Waals surface area contributed by atoms with Crippen molar-refractivity contribution in [2.24, 2.45) is 0 Å². The molecule has 0 aliphatic carbocycles. The van der Waals surface area contributed by atoms with Gasteiger partial charge >= 0.3 is 11.9 Å². The lowest BCUT2D eigenvalue weighted by molar-refractivity contribution is 0.0721. The van der Waals surface area contributed by atoms with Crippen molar-refractivity contribution >= 4 is 23.3 Å². The molecule has 6 heteroatoms. The van der Waals surface area contributed by atoms with Crippen molar-refractivity contribution in [3.63, 3.8) is 0 Å². The molecule has 6 nitrogen and oxygen atoms in total. The molecular weight excluding hydrogens is 404 g/mol. The number of nitrogens with two attached hydrogens (primary N) is 2. The van der Waals surface area contributed by atoms with Crippen molar-refractivity contribution in [3.8, 4) is 22.6 Å². The zero-order valence-corrected chi connectivity index (χ0v) is 17.0. The van der Waals surface area contributed by atoms with Gasteiger partial charge < -0.3 is 20.9 Å². The number of esters is 2. The Morgan fingerprint density at radius 1 is 0.594 bits per heavy atom. The van der Waals surface area contributed by atoms with Gasteiger partial charge in [0.05, 0.1) is 11.1 Å². The number of anilines is 2. The van der Waals surface area contributed by atoms with Crippen LogP contribution < -0.4 is 20.9 Å². The molecule has 0 bridgehead atoms. The van der Waals surface area contributed by atoms with Crippen LogP contribution in [0.5, 0.6) is 11.5 Å². The van der Waals surface area contributed by atoms with Crippen LogP contribution in [0, 0.1) is 0 Å². The lowest BCUT2D eigenvalue weighted by atomic mass is 9.97. The van der Waals surface area contributed by atoms with E-state index in [1.165, 1.54) is 6.07 Å². The zero-order valence-electron chi connectivity index (χ0n) is 17.0. The van der Waals surface area contributed by atoms with E-state index in [1.807, 2.05) is 30.3 Å². The van der Waals surface area contributed by atoms with Crippen LogP contribution in [0.2, 0.25) is 0 Å². The van der Waals surface area contributed by atoms with Gasteiger partial charge in [-0.15, -0.1) is 0 Å². The van der Waals surface area contributed by atoms with Gasteiger partial charge in [0, 0.05) is 11.4 Å². The highest BCUT2D eigenvalue weighted by molar-refractivity contribution is 6.01. The summed E-state index contributed by atoms with van der Waals surface area (Å²) in [5.41, 5.74) is 14.4. The molecule has 4 rings (SSSR count). The van der Waals surface area contributed by atoms with Crippen LogP contribution in [0.15, 0.2) is 97.1 Å². The van der Waals surface area contributed by atoms with Crippen LogP contribution in [0.25, 0.3) is 11.1 Å². The molecule has 32 heavy (non-hydrogen) atoms. The van der Waals surface area contributed by atoms with Crippen LogP contribution in [-0.4, -0.2) is 11.9 Å². The van der Waals surface area contributed by atoms with Gasteiger partial charge in [-0.2, -0.15) is 0 Å². The molecule has 0 saturated heterocycles. The summed E-state index contributed by atoms with van der Waals surface area (Å²) in [5, 5.41) is 0. The van der Waals surface area contributed by atoms with Crippen LogP contribution in [0.3, 0.4) is 0 Å². The van der Waals surface area contributed by atoms with Gasteiger partial charge in [-0.05, 0) is 77.9 Å². The Morgan fingerprint density at radius 3 is 1.69 bits per heavy atom. The van der Waals surface area contributed by atoms with E-state index in [-0.39, 0.29) is 0 Å². The molecule has 0 amide bonds. The number of benzene rings is 4. The number of rotatable bonds is 5. The standard InChI is InChI=1S/C26H20N2O4/c27-19-7-11-21(12-8-19)31-25(29)18-6-15-23(24(16-18)17-4-2-1-3-5-17)26(30)32-22-13-9-20(28)10-14-22/h1-16H,27-28H2. The summed E-state index contributed by atoms with van der Waals surface area (Å²) >= 11 is 0. The second-order valence-corrected chi connectivity index (χ2v) is 7.04. The van der Waals surface area contributed by atoms with Crippen LogP contribution in [-0.2, 0) is 0 Å². The van der Waals surface area contributed by atoms with Crippen molar-refractivity contribution in [1.29, 1.82) is 0 Å². The summed E-state index contributed by atoms with van der Waals surface area (Å²) in [6, 6.07) is 27.0.